The molecule has 3 heterocycles. The van der Waals surface area contributed by atoms with E-state index >= 15 is 0 Å². The first kappa shape index (κ1) is 23.5. The second-order valence-electron chi connectivity index (χ2n) is 7.35. The largest absolute Gasteiger partial charge is 0.418 e. The highest BCUT2D eigenvalue weighted by atomic mass is 32.2. The van der Waals surface area contributed by atoms with E-state index in [2.05, 4.69) is 15.3 Å². The molecule has 1 aromatic carbocycles. The molecule has 4 rings (SSSR count). The molecule has 3 aromatic rings. The molecule has 1 N–H and O–H groups in total. The Morgan fingerprint density at radius 2 is 1.85 bits per heavy atom. The summed E-state index contributed by atoms with van der Waals surface area (Å²) in [5, 5.41) is 5.06. The lowest BCUT2D eigenvalue weighted by molar-refractivity contribution is -0.137. The number of halogens is 3. The standard InChI is InChI=1S/C21H20F3N5O2S2/c22-21(23,24)14-3-1-2-4-15(14)27-17(30)11-28-6-8-29(9-7-28)18(31)12-33-20-19-16(5-10-32-19)25-13-26-20/h1-5,10,13H,6-9,11-12H2,(H,27,30). The average molecular weight is 496 g/mol. The Balaban J connectivity index is 1.25. The van der Waals surface area contributed by atoms with Crippen molar-refractivity contribution < 1.29 is 22.8 Å². The van der Waals surface area contributed by atoms with E-state index in [0.29, 0.717) is 26.2 Å². The van der Waals surface area contributed by atoms with Gasteiger partial charge in [-0.15, -0.1) is 11.3 Å². The van der Waals surface area contributed by atoms with Gasteiger partial charge in [-0.1, -0.05) is 23.9 Å². The molecule has 0 saturated carbocycles. The van der Waals surface area contributed by atoms with E-state index in [0.717, 1.165) is 21.3 Å². The summed E-state index contributed by atoms with van der Waals surface area (Å²) in [5.74, 6) is -0.295. The molecule has 0 bridgehead atoms. The van der Waals surface area contributed by atoms with Crippen LogP contribution in [0.25, 0.3) is 10.2 Å². The van der Waals surface area contributed by atoms with Gasteiger partial charge in [0.25, 0.3) is 0 Å². The number of carbonyl (C=O) groups excluding carboxylic acids is 2. The van der Waals surface area contributed by atoms with Gasteiger partial charge in [-0.25, -0.2) is 9.97 Å². The number of alkyl halides is 3. The van der Waals surface area contributed by atoms with Crippen LogP contribution in [0.2, 0.25) is 0 Å². The Bertz CT molecular complexity index is 1150. The zero-order valence-corrected chi connectivity index (χ0v) is 19.0. The van der Waals surface area contributed by atoms with E-state index in [4.69, 9.17) is 0 Å². The van der Waals surface area contributed by atoms with E-state index in [1.165, 1.54) is 47.6 Å². The SMILES string of the molecule is O=C(CN1CCN(C(=O)CSc2ncnc3ccsc23)CC1)Nc1ccccc1C(F)(F)F. The highest BCUT2D eigenvalue weighted by Crippen LogP contribution is 2.34. The second kappa shape index (κ2) is 10.1. The number of aromatic nitrogens is 2. The van der Waals surface area contributed by atoms with E-state index < -0.39 is 17.6 Å². The number of carbonyl (C=O) groups is 2. The van der Waals surface area contributed by atoms with Crippen LogP contribution in [-0.2, 0) is 15.8 Å². The number of nitrogens with zero attached hydrogens (tertiary/aromatic N) is 4. The fourth-order valence-corrected chi connectivity index (χ4v) is 5.33. The van der Waals surface area contributed by atoms with Gasteiger partial charge < -0.3 is 10.2 Å². The van der Waals surface area contributed by atoms with Crippen LogP contribution in [0.1, 0.15) is 5.56 Å². The molecule has 1 aliphatic rings. The number of piperazine rings is 1. The smallest absolute Gasteiger partial charge is 0.339 e. The molecule has 0 radical (unpaired) electrons. The van der Waals surface area contributed by atoms with Gasteiger partial charge in [-0.2, -0.15) is 13.2 Å². The molecule has 0 aliphatic carbocycles. The quantitative estimate of drug-likeness (QED) is 0.416. The van der Waals surface area contributed by atoms with Crippen LogP contribution in [0.15, 0.2) is 47.1 Å². The molecule has 1 fully saturated rings. The van der Waals surface area contributed by atoms with Gasteiger partial charge in [-0.05, 0) is 23.6 Å². The van der Waals surface area contributed by atoms with Gasteiger partial charge in [0, 0.05) is 26.2 Å². The van der Waals surface area contributed by atoms with Crippen LogP contribution in [0.5, 0.6) is 0 Å². The van der Waals surface area contributed by atoms with E-state index in [1.807, 2.05) is 16.3 Å². The number of hydrogen-bond donors (Lipinski definition) is 1. The third-order valence-corrected chi connectivity index (χ3v) is 7.16. The van der Waals surface area contributed by atoms with Gasteiger partial charge >= 0.3 is 6.18 Å². The second-order valence-corrected chi connectivity index (χ2v) is 9.23. The maximum atomic E-state index is 13.1. The minimum atomic E-state index is -4.55. The van der Waals surface area contributed by atoms with Crippen molar-refractivity contribution in [3.8, 4) is 0 Å². The third-order valence-electron chi connectivity index (χ3n) is 5.14. The predicted molar refractivity (Wildman–Crippen MR) is 121 cm³/mol. The van der Waals surface area contributed by atoms with Crippen molar-refractivity contribution in [1.82, 2.24) is 19.8 Å². The zero-order valence-electron chi connectivity index (χ0n) is 17.3. The minimum absolute atomic E-state index is 0.0217. The zero-order chi connectivity index (χ0) is 23.4. The number of hydrogen-bond acceptors (Lipinski definition) is 7. The average Bonchev–Trinajstić information content (AvgIpc) is 3.27. The monoisotopic (exact) mass is 495 g/mol. The molecule has 12 heteroatoms. The maximum Gasteiger partial charge on any atom is 0.418 e. The summed E-state index contributed by atoms with van der Waals surface area (Å²) in [4.78, 5) is 36.9. The molecule has 33 heavy (non-hydrogen) atoms. The molecular formula is C21H20F3N5O2S2. The van der Waals surface area contributed by atoms with Crippen LogP contribution in [0.3, 0.4) is 0 Å². The molecule has 174 valence electrons. The third kappa shape index (κ3) is 5.81. The van der Waals surface area contributed by atoms with E-state index in [9.17, 15) is 22.8 Å². The fraction of sp³-hybridized carbons (Fsp3) is 0.333. The Kier molecular flexibility index (Phi) is 7.15. The lowest BCUT2D eigenvalue weighted by Crippen LogP contribution is -2.50. The summed E-state index contributed by atoms with van der Waals surface area (Å²) in [7, 11) is 0. The summed E-state index contributed by atoms with van der Waals surface area (Å²) >= 11 is 2.90. The van der Waals surface area contributed by atoms with Gasteiger partial charge in [0.1, 0.15) is 11.4 Å². The first-order valence-electron chi connectivity index (χ1n) is 10.1. The number of thioether (sulfide) groups is 1. The number of fused-ring (bicyclic) bond motifs is 1. The summed E-state index contributed by atoms with van der Waals surface area (Å²) in [6.45, 7) is 1.79. The van der Waals surface area contributed by atoms with Crippen molar-refractivity contribution in [3.05, 3.63) is 47.6 Å². The van der Waals surface area contributed by atoms with Gasteiger partial charge in [-0.3, -0.25) is 14.5 Å². The van der Waals surface area contributed by atoms with Crippen molar-refractivity contribution in [2.75, 3.05) is 43.8 Å². The van der Waals surface area contributed by atoms with Crippen molar-refractivity contribution in [1.29, 1.82) is 0 Å². The van der Waals surface area contributed by atoms with Crippen LogP contribution >= 0.6 is 23.1 Å². The van der Waals surface area contributed by atoms with E-state index in [-0.39, 0.29) is 23.9 Å². The van der Waals surface area contributed by atoms with Crippen molar-refractivity contribution >= 4 is 50.8 Å². The van der Waals surface area contributed by atoms with Crippen LogP contribution < -0.4 is 5.32 Å². The van der Waals surface area contributed by atoms with Crippen LogP contribution in [0, 0.1) is 0 Å². The Labute approximate surface area is 196 Å². The van der Waals surface area contributed by atoms with Gasteiger partial charge in [0.05, 0.1) is 33.8 Å². The molecule has 0 unspecified atom stereocenters. The normalized spacial score (nSPS) is 15.1. The fourth-order valence-electron chi connectivity index (χ4n) is 3.48. The summed E-state index contributed by atoms with van der Waals surface area (Å²) in [6, 6.07) is 6.79. The number of nitrogens with one attached hydrogen (secondary N) is 1. The Hall–Kier alpha value is -2.70. The van der Waals surface area contributed by atoms with E-state index in [1.54, 1.807) is 4.90 Å². The lowest BCUT2D eigenvalue weighted by atomic mass is 10.1. The molecule has 2 aromatic heterocycles. The molecule has 2 amide bonds. The number of thiophene rings is 1. The summed E-state index contributed by atoms with van der Waals surface area (Å²) in [5.41, 5.74) is -0.283. The number of anilines is 1. The molecule has 1 saturated heterocycles. The van der Waals surface area contributed by atoms with Crippen molar-refractivity contribution in [2.24, 2.45) is 0 Å². The first-order valence-corrected chi connectivity index (χ1v) is 11.9. The number of amides is 2. The minimum Gasteiger partial charge on any atom is -0.339 e. The number of benzene rings is 1. The van der Waals surface area contributed by atoms with Crippen LogP contribution in [0.4, 0.5) is 18.9 Å². The van der Waals surface area contributed by atoms with Gasteiger partial charge in [0.2, 0.25) is 11.8 Å². The molecule has 7 nitrogen and oxygen atoms in total. The van der Waals surface area contributed by atoms with Gasteiger partial charge in [0.15, 0.2) is 0 Å². The van der Waals surface area contributed by atoms with Crippen molar-refractivity contribution in [2.45, 2.75) is 11.2 Å². The van der Waals surface area contributed by atoms with Crippen molar-refractivity contribution in [3.63, 3.8) is 0 Å². The Morgan fingerprint density at radius 3 is 2.61 bits per heavy atom. The summed E-state index contributed by atoms with van der Waals surface area (Å²) < 4.78 is 40.3. The highest BCUT2D eigenvalue weighted by molar-refractivity contribution is 8.00. The predicted octanol–water partition coefficient (Wildman–Crippen LogP) is 3.59. The maximum absolute atomic E-state index is 13.1. The number of para-hydroxylation sites is 1. The Morgan fingerprint density at radius 1 is 1.09 bits per heavy atom. The molecule has 0 atom stereocenters. The molecule has 0 spiro atoms. The topological polar surface area (TPSA) is 78.4 Å². The highest BCUT2D eigenvalue weighted by Gasteiger charge is 2.33. The molecule has 1 aliphatic heterocycles. The summed E-state index contributed by atoms with van der Waals surface area (Å²) in [6.07, 6.45) is -3.06. The molecular weight excluding hydrogens is 475 g/mol. The number of rotatable bonds is 6. The van der Waals surface area contributed by atoms with Crippen LogP contribution in [-0.4, -0.2) is 70.1 Å². The first-order chi connectivity index (χ1) is 15.8. The lowest BCUT2D eigenvalue weighted by Gasteiger charge is -2.34.